The first kappa shape index (κ1) is 28.2. The predicted octanol–water partition coefficient (Wildman–Crippen LogP) is 10.0. The molecular formula is C38H34O2P2. The molecular weight excluding hydrogens is 550 g/mol. The van der Waals surface area contributed by atoms with Gasteiger partial charge in [0.25, 0.3) is 0 Å². The van der Waals surface area contributed by atoms with E-state index in [1.807, 2.05) is 24.3 Å². The monoisotopic (exact) mass is 584 g/mol. The first-order chi connectivity index (χ1) is 20.1. The number of benzene rings is 6. The summed E-state index contributed by atoms with van der Waals surface area (Å²) in [4.78, 5) is 0. The molecule has 0 saturated carbocycles. The van der Waals surface area contributed by atoms with Gasteiger partial charge in [0, 0.05) is 10.6 Å². The third-order valence-electron chi connectivity index (χ3n) is 7.96. The van der Waals surface area contributed by atoms with Gasteiger partial charge in [-0.15, -0.1) is 0 Å². The molecule has 2 nitrogen and oxygen atoms in total. The smallest absolute Gasteiger partial charge is 0.109 e. The zero-order valence-electron chi connectivity index (χ0n) is 24.4. The Bertz CT molecular complexity index is 1830. The third-order valence-corrected chi connectivity index (χ3v) is 11.0. The van der Waals surface area contributed by atoms with E-state index < -0.39 is 14.3 Å². The summed E-state index contributed by atoms with van der Waals surface area (Å²) in [5.41, 5.74) is 9.27. The molecule has 6 aromatic rings. The van der Waals surface area contributed by atoms with Crippen LogP contribution >= 0.6 is 14.3 Å². The van der Waals surface area contributed by atoms with Crippen molar-refractivity contribution in [2.24, 2.45) is 0 Å². The van der Waals surface area contributed by atoms with Crippen LogP contribution in [0.3, 0.4) is 0 Å². The summed E-state index contributed by atoms with van der Waals surface area (Å²) in [6, 6.07) is 46.6. The summed E-state index contributed by atoms with van der Waals surface area (Å²) in [6.45, 7) is 7.22. The van der Waals surface area contributed by atoms with E-state index in [0.29, 0.717) is 0 Å². The average Bonchev–Trinajstić information content (AvgIpc) is 3.00. The fraction of sp³-hybridized carbons (Fsp3) is 0.105. The molecule has 0 aromatic heterocycles. The van der Waals surface area contributed by atoms with Gasteiger partial charge in [0.1, 0.15) is 14.3 Å². The summed E-state index contributed by atoms with van der Waals surface area (Å²) in [7, 11) is -4.52. The van der Waals surface area contributed by atoms with Crippen molar-refractivity contribution in [2.75, 3.05) is 26.7 Å². The summed E-state index contributed by atoms with van der Waals surface area (Å²) in [5.74, 6) is 0. The van der Waals surface area contributed by atoms with E-state index in [0.717, 1.165) is 32.9 Å². The molecule has 0 fully saturated rings. The van der Waals surface area contributed by atoms with Gasteiger partial charge in [0.2, 0.25) is 0 Å². The maximum absolute atomic E-state index is 12.4. The summed E-state index contributed by atoms with van der Waals surface area (Å²) in [6.07, 6.45) is 0. The minimum absolute atomic E-state index is 0.906. The van der Waals surface area contributed by atoms with Crippen LogP contribution in [0.5, 0.6) is 0 Å². The van der Waals surface area contributed by atoms with Crippen LogP contribution in [0.1, 0.15) is 0 Å². The molecule has 4 heteroatoms. The normalized spacial score (nSPS) is 12.0. The second-order valence-electron chi connectivity index (χ2n) is 11.7. The quantitative estimate of drug-likeness (QED) is 0.183. The second kappa shape index (κ2) is 11.0. The topological polar surface area (TPSA) is 34.1 Å². The lowest BCUT2D eigenvalue weighted by molar-refractivity contribution is 0.587. The zero-order valence-corrected chi connectivity index (χ0v) is 26.2. The van der Waals surface area contributed by atoms with Crippen molar-refractivity contribution in [2.45, 2.75) is 0 Å². The van der Waals surface area contributed by atoms with Crippen LogP contribution < -0.4 is 10.6 Å². The minimum atomic E-state index is -2.26. The minimum Gasteiger partial charge on any atom is -0.319 e. The highest BCUT2D eigenvalue weighted by Gasteiger charge is 2.13. The van der Waals surface area contributed by atoms with Gasteiger partial charge in [0.15, 0.2) is 0 Å². The van der Waals surface area contributed by atoms with Gasteiger partial charge in [-0.1, -0.05) is 133 Å². The molecule has 0 spiro atoms. The molecule has 0 aliphatic heterocycles. The third kappa shape index (κ3) is 5.71. The van der Waals surface area contributed by atoms with Crippen LogP contribution in [0.2, 0.25) is 0 Å². The maximum Gasteiger partial charge on any atom is 0.109 e. The molecule has 0 aliphatic rings. The molecule has 0 heterocycles. The lowest BCUT2D eigenvalue weighted by Crippen LogP contribution is -2.01. The Labute approximate surface area is 248 Å². The van der Waals surface area contributed by atoms with Crippen LogP contribution in [-0.4, -0.2) is 26.7 Å². The largest absolute Gasteiger partial charge is 0.319 e. The molecule has 0 unspecified atom stereocenters. The van der Waals surface area contributed by atoms with Crippen molar-refractivity contribution in [1.82, 2.24) is 0 Å². The Balaban J connectivity index is 1.30. The van der Waals surface area contributed by atoms with Crippen molar-refractivity contribution in [1.29, 1.82) is 0 Å². The number of fused-ring (bicyclic) bond motifs is 1. The fourth-order valence-corrected chi connectivity index (χ4v) is 7.25. The lowest BCUT2D eigenvalue weighted by atomic mass is 9.91. The molecule has 0 radical (unpaired) electrons. The highest BCUT2D eigenvalue weighted by atomic mass is 31.2. The molecule has 0 atom stereocenters. The van der Waals surface area contributed by atoms with E-state index in [9.17, 15) is 9.13 Å². The van der Waals surface area contributed by atoms with Gasteiger partial charge in [0.05, 0.1) is 0 Å². The van der Waals surface area contributed by atoms with Crippen molar-refractivity contribution in [3.05, 3.63) is 133 Å². The van der Waals surface area contributed by atoms with E-state index in [1.165, 1.54) is 33.0 Å². The maximum atomic E-state index is 12.4. The van der Waals surface area contributed by atoms with Crippen LogP contribution in [0, 0.1) is 0 Å². The molecule has 0 bridgehead atoms. The van der Waals surface area contributed by atoms with E-state index in [1.54, 1.807) is 26.7 Å². The SMILES string of the molecule is CP(C)(=O)c1ccc(-c2ccc(-c3ccc(-c4ccc(-c5ccc(P(C)(C)=O)cc5)cc4)c4ccccc34)cc2)cc1. The van der Waals surface area contributed by atoms with E-state index in [-0.39, 0.29) is 0 Å². The highest BCUT2D eigenvalue weighted by molar-refractivity contribution is 7.70. The fourth-order valence-electron chi connectivity index (χ4n) is 5.51. The van der Waals surface area contributed by atoms with Gasteiger partial charge in [-0.2, -0.15) is 0 Å². The highest BCUT2D eigenvalue weighted by Crippen LogP contribution is 2.38. The van der Waals surface area contributed by atoms with Crippen molar-refractivity contribution in [3.8, 4) is 44.5 Å². The van der Waals surface area contributed by atoms with Crippen LogP contribution in [0.25, 0.3) is 55.3 Å². The molecule has 0 N–H and O–H groups in total. The average molecular weight is 585 g/mol. The first-order valence-electron chi connectivity index (χ1n) is 14.1. The van der Waals surface area contributed by atoms with Crippen LogP contribution in [0.4, 0.5) is 0 Å². The Morgan fingerprint density at radius 3 is 0.881 bits per heavy atom. The lowest BCUT2D eigenvalue weighted by Gasteiger charge is -2.14. The van der Waals surface area contributed by atoms with E-state index in [2.05, 4.69) is 109 Å². The van der Waals surface area contributed by atoms with Gasteiger partial charge < -0.3 is 9.13 Å². The van der Waals surface area contributed by atoms with Crippen molar-refractivity contribution < 1.29 is 9.13 Å². The molecule has 0 amide bonds. The molecule has 0 saturated heterocycles. The Hall–Kier alpha value is -3.96. The zero-order chi connectivity index (χ0) is 29.5. The second-order valence-corrected chi connectivity index (χ2v) is 18.1. The van der Waals surface area contributed by atoms with Crippen molar-refractivity contribution >= 4 is 35.7 Å². The summed E-state index contributed by atoms with van der Waals surface area (Å²) in [5, 5.41) is 4.25. The Kier molecular flexibility index (Phi) is 7.40. The van der Waals surface area contributed by atoms with E-state index >= 15 is 0 Å². The molecule has 42 heavy (non-hydrogen) atoms. The summed E-state index contributed by atoms with van der Waals surface area (Å²) < 4.78 is 24.8. The van der Waals surface area contributed by atoms with Crippen molar-refractivity contribution in [3.63, 3.8) is 0 Å². The van der Waals surface area contributed by atoms with Gasteiger partial charge in [-0.3, -0.25) is 0 Å². The van der Waals surface area contributed by atoms with E-state index in [4.69, 9.17) is 0 Å². The number of hydrogen-bond donors (Lipinski definition) is 0. The number of hydrogen-bond acceptors (Lipinski definition) is 2. The molecule has 6 rings (SSSR count). The van der Waals surface area contributed by atoms with Gasteiger partial charge >= 0.3 is 0 Å². The Morgan fingerprint density at radius 2 is 0.595 bits per heavy atom. The molecule has 6 aromatic carbocycles. The molecule has 0 aliphatic carbocycles. The van der Waals surface area contributed by atoms with Gasteiger partial charge in [-0.25, -0.2) is 0 Å². The Morgan fingerprint density at radius 1 is 0.333 bits per heavy atom. The summed E-state index contributed by atoms with van der Waals surface area (Å²) >= 11 is 0. The predicted molar refractivity (Wildman–Crippen MR) is 184 cm³/mol. The van der Waals surface area contributed by atoms with Gasteiger partial charge in [-0.05, 0) is 81.9 Å². The number of rotatable bonds is 6. The van der Waals surface area contributed by atoms with Crippen LogP contribution in [-0.2, 0) is 9.13 Å². The first-order valence-corrected chi connectivity index (χ1v) is 19.3. The molecule has 208 valence electrons. The van der Waals surface area contributed by atoms with Crippen LogP contribution in [0.15, 0.2) is 133 Å². The standard InChI is InChI=1S/C38H34O2P2/c1-41(2,39)33-21-17-29(18-22-33)27-9-13-31(14-10-27)35-25-26-36(38-8-6-5-7-37(35)38)32-15-11-28(12-16-32)30-19-23-34(24-20-30)42(3,4)40/h5-26H,1-4H3.